The van der Waals surface area contributed by atoms with E-state index >= 15 is 0 Å². The van der Waals surface area contributed by atoms with Crippen molar-refractivity contribution in [3.63, 3.8) is 0 Å². The second-order valence-corrected chi connectivity index (χ2v) is 14.3. The van der Waals surface area contributed by atoms with Crippen molar-refractivity contribution in [2.45, 2.75) is 5.41 Å². The molecule has 0 bridgehead atoms. The SMILES string of the molecule is N#Cc1ccc(-c2ccc3c(c2)C(c2ccccc2)(c2ccccc2)c2cc(-c4cccc(-c5nc(-c6ccccc6)nc(-c6ccccc6)n5)c4)ccc2-3)cc1. The Morgan fingerprint density at radius 1 is 0.333 bits per heavy atom. The van der Waals surface area contributed by atoms with E-state index in [4.69, 9.17) is 15.0 Å². The van der Waals surface area contributed by atoms with Gasteiger partial charge in [0.2, 0.25) is 0 Å². The summed E-state index contributed by atoms with van der Waals surface area (Å²) in [6, 6.07) is 74.3. The van der Waals surface area contributed by atoms with E-state index in [0.29, 0.717) is 23.0 Å². The summed E-state index contributed by atoms with van der Waals surface area (Å²) >= 11 is 0. The lowest BCUT2D eigenvalue weighted by Gasteiger charge is -2.34. The lowest BCUT2D eigenvalue weighted by molar-refractivity contribution is 0.769. The van der Waals surface area contributed by atoms with Crippen LogP contribution in [0.15, 0.2) is 206 Å². The first-order valence-corrected chi connectivity index (χ1v) is 19.1. The maximum Gasteiger partial charge on any atom is 0.164 e. The van der Waals surface area contributed by atoms with Gasteiger partial charge in [0.25, 0.3) is 0 Å². The summed E-state index contributed by atoms with van der Waals surface area (Å²) in [6.45, 7) is 0. The molecule has 0 unspecified atom stereocenters. The first-order valence-electron chi connectivity index (χ1n) is 19.1. The highest BCUT2D eigenvalue weighted by atomic mass is 15.0. The highest BCUT2D eigenvalue weighted by molar-refractivity contribution is 5.90. The van der Waals surface area contributed by atoms with Crippen molar-refractivity contribution in [2.24, 2.45) is 0 Å². The van der Waals surface area contributed by atoms with Gasteiger partial charge in [-0.1, -0.05) is 176 Å². The van der Waals surface area contributed by atoms with Gasteiger partial charge in [-0.25, -0.2) is 15.0 Å². The summed E-state index contributed by atoms with van der Waals surface area (Å²) in [7, 11) is 0. The van der Waals surface area contributed by atoms with Crippen LogP contribution in [0, 0.1) is 11.3 Å². The van der Waals surface area contributed by atoms with E-state index in [1.54, 1.807) is 0 Å². The molecule has 0 spiro atoms. The van der Waals surface area contributed by atoms with E-state index in [0.717, 1.165) is 38.9 Å². The number of hydrogen-bond donors (Lipinski definition) is 0. The standard InChI is InChI=1S/C53H34N4/c54-35-36-24-26-37(27-25-36)41-28-30-46-47-31-29-42(34-49(47)53(48(46)33-41,44-20-9-3-10-21-44)45-22-11-4-12-23-45)40-18-13-19-43(32-40)52-56-50(38-14-5-1-6-15-38)55-51(57-52)39-16-7-2-8-17-39/h1-34H. The third-order valence-corrected chi connectivity index (χ3v) is 11.1. The molecule has 4 nitrogen and oxygen atoms in total. The second kappa shape index (κ2) is 14.2. The predicted octanol–water partition coefficient (Wildman–Crippen LogP) is 12.4. The Morgan fingerprint density at radius 2 is 0.719 bits per heavy atom. The molecular formula is C53H34N4. The largest absolute Gasteiger partial charge is 0.208 e. The molecule has 1 aliphatic rings. The predicted molar refractivity (Wildman–Crippen MR) is 229 cm³/mol. The minimum Gasteiger partial charge on any atom is -0.208 e. The Hall–Kier alpha value is -7.74. The molecule has 9 aromatic rings. The summed E-state index contributed by atoms with van der Waals surface area (Å²) in [6.07, 6.45) is 0. The molecule has 57 heavy (non-hydrogen) atoms. The van der Waals surface area contributed by atoms with Crippen molar-refractivity contribution in [3.8, 4) is 73.6 Å². The normalized spacial score (nSPS) is 12.3. The summed E-state index contributed by atoms with van der Waals surface area (Å²) in [5.41, 5.74) is 14.5. The molecule has 1 heterocycles. The molecule has 0 aliphatic heterocycles. The van der Waals surface area contributed by atoms with Crippen molar-refractivity contribution >= 4 is 0 Å². The molecule has 0 atom stereocenters. The molecule has 1 aliphatic carbocycles. The van der Waals surface area contributed by atoms with Crippen LogP contribution in [0.4, 0.5) is 0 Å². The van der Waals surface area contributed by atoms with Gasteiger partial charge < -0.3 is 0 Å². The number of aromatic nitrogens is 3. The highest BCUT2D eigenvalue weighted by Crippen LogP contribution is 2.57. The van der Waals surface area contributed by atoms with Crippen molar-refractivity contribution in [1.29, 1.82) is 5.26 Å². The molecule has 0 saturated carbocycles. The zero-order valence-electron chi connectivity index (χ0n) is 30.9. The zero-order chi connectivity index (χ0) is 38.2. The fourth-order valence-corrected chi connectivity index (χ4v) is 8.36. The fourth-order valence-electron chi connectivity index (χ4n) is 8.36. The van der Waals surface area contributed by atoms with Crippen LogP contribution in [-0.4, -0.2) is 15.0 Å². The molecule has 0 fully saturated rings. The van der Waals surface area contributed by atoms with Crippen LogP contribution < -0.4 is 0 Å². The Labute approximate surface area is 332 Å². The fraction of sp³-hybridized carbons (Fsp3) is 0.0189. The lowest BCUT2D eigenvalue weighted by Crippen LogP contribution is -2.28. The Morgan fingerprint density at radius 3 is 1.21 bits per heavy atom. The summed E-state index contributed by atoms with van der Waals surface area (Å²) in [5, 5.41) is 9.47. The van der Waals surface area contributed by atoms with Gasteiger partial charge >= 0.3 is 0 Å². The van der Waals surface area contributed by atoms with E-state index in [-0.39, 0.29) is 0 Å². The van der Waals surface area contributed by atoms with Gasteiger partial charge in [0, 0.05) is 16.7 Å². The maximum absolute atomic E-state index is 9.47. The third-order valence-electron chi connectivity index (χ3n) is 11.1. The van der Waals surface area contributed by atoms with Crippen LogP contribution in [0.3, 0.4) is 0 Å². The molecular weight excluding hydrogens is 693 g/mol. The van der Waals surface area contributed by atoms with Crippen molar-refractivity contribution in [2.75, 3.05) is 0 Å². The molecule has 0 saturated heterocycles. The van der Waals surface area contributed by atoms with E-state index in [9.17, 15) is 5.26 Å². The van der Waals surface area contributed by atoms with Crippen molar-refractivity contribution < 1.29 is 0 Å². The summed E-state index contributed by atoms with van der Waals surface area (Å²) in [5.74, 6) is 1.89. The molecule has 4 heteroatoms. The van der Waals surface area contributed by atoms with Crippen LogP contribution in [0.1, 0.15) is 27.8 Å². The molecule has 1 aromatic heterocycles. The minimum atomic E-state index is -0.590. The average Bonchev–Trinajstić information content (AvgIpc) is 3.60. The highest BCUT2D eigenvalue weighted by Gasteiger charge is 2.46. The van der Waals surface area contributed by atoms with Crippen LogP contribution in [0.5, 0.6) is 0 Å². The second-order valence-electron chi connectivity index (χ2n) is 14.3. The molecule has 266 valence electrons. The molecule has 0 radical (unpaired) electrons. The number of hydrogen-bond acceptors (Lipinski definition) is 4. The zero-order valence-corrected chi connectivity index (χ0v) is 30.9. The molecule has 8 aromatic carbocycles. The maximum atomic E-state index is 9.47. The summed E-state index contributed by atoms with van der Waals surface area (Å²) in [4.78, 5) is 15.0. The van der Waals surface area contributed by atoms with Gasteiger partial charge in [-0.05, 0) is 86.0 Å². The van der Waals surface area contributed by atoms with Crippen LogP contribution in [0.2, 0.25) is 0 Å². The van der Waals surface area contributed by atoms with Crippen molar-refractivity contribution in [3.05, 3.63) is 234 Å². The summed E-state index contributed by atoms with van der Waals surface area (Å²) < 4.78 is 0. The van der Waals surface area contributed by atoms with Gasteiger partial charge in [0.15, 0.2) is 17.5 Å². The number of fused-ring (bicyclic) bond motifs is 3. The number of benzene rings is 8. The molecule has 10 rings (SSSR count). The van der Waals surface area contributed by atoms with E-state index in [1.807, 2.05) is 84.9 Å². The number of nitrogens with zero attached hydrogens (tertiary/aromatic N) is 4. The molecule has 0 amide bonds. The number of rotatable bonds is 7. The van der Waals surface area contributed by atoms with Crippen LogP contribution in [-0.2, 0) is 5.41 Å². The van der Waals surface area contributed by atoms with Gasteiger partial charge in [0.1, 0.15) is 0 Å². The number of nitriles is 1. The van der Waals surface area contributed by atoms with E-state index in [2.05, 4.69) is 127 Å². The quantitative estimate of drug-likeness (QED) is 0.164. The van der Waals surface area contributed by atoms with Gasteiger partial charge in [-0.2, -0.15) is 5.26 Å². The van der Waals surface area contributed by atoms with E-state index < -0.39 is 5.41 Å². The van der Waals surface area contributed by atoms with Crippen LogP contribution >= 0.6 is 0 Å². The monoisotopic (exact) mass is 726 g/mol. The first kappa shape index (κ1) is 33.8. The van der Waals surface area contributed by atoms with Gasteiger partial charge in [-0.15, -0.1) is 0 Å². The van der Waals surface area contributed by atoms with Crippen molar-refractivity contribution in [1.82, 2.24) is 15.0 Å². The third kappa shape index (κ3) is 5.90. The van der Waals surface area contributed by atoms with Gasteiger partial charge in [0.05, 0.1) is 17.0 Å². The van der Waals surface area contributed by atoms with Crippen LogP contribution in [0.25, 0.3) is 67.5 Å². The topological polar surface area (TPSA) is 62.5 Å². The van der Waals surface area contributed by atoms with E-state index in [1.165, 1.54) is 33.4 Å². The molecule has 0 N–H and O–H groups in total. The Bertz CT molecular complexity index is 2840. The lowest BCUT2D eigenvalue weighted by atomic mass is 9.67. The first-order chi connectivity index (χ1) is 28.2. The Balaban J connectivity index is 1.15. The smallest absolute Gasteiger partial charge is 0.164 e. The van der Waals surface area contributed by atoms with Gasteiger partial charge in [-0.3, -0.25) is 0 Å². The average molecular weight is 727 g/mol. The minimum absolute atomic E-state index is 0.590. The Kier molecular flexibility index (Phi) is 8.39.